The zero-order valence-corrected chi connectivity index (χ0v) is 16.3. The zero-order chi connectivity index (χ0) is 19.5. The monoisotopic (exact) mass is 355 g/mol. The van der Waals surface area contributed by atoms with E-state index >= 15 is 0 Å². The molecule has 1 rings (SSSR count). The smallest absolute Gasteiger partial charge is 0.354 e. The van der Waals surface area contributed by atoms with E-state index < -0.39 is 11.9 Å². The van der Waals surface area contributed by atoms with Crippen molar-refractivity contribution in [1.82, 2.24) is 5.06 Å². The highest BCUT2D eigenvalue weighted by Crippen LogP contribution is 2.10. The Hall–Kier alpha value is -1.87. The third-order valence-corrected chi connectivity index (χ3v) is 2.94. The molecule has 0 heterocycles. The Balaban J connectivity index is 0. The summed E-state index contributed by atoms with van der Waals surface area (Å²) in [6.07, 6.45) is 5.40. The maximum Gasteiger partial charge on any atom is 0.358 e. The summed E-state index contributed by atoms with van der Waals surface area (Å²) in [6, 6.07) is 0. The first kappa shape index (κ1) is 25.4. The van der Waals surface area contributed by atoms with E-state index in [0.717, 1.165) is 32.1 Å². The largest absolute Gasteiger partial charge is 0.358 e. The van der Waals surface area contributed by atoms with E-state index in [0.29, 0.717) is 11.5 Å². The summed E-state index contributed by atoms with van der Waals surface area (Å²) in [5.41, 5.74) is 0. The van der Waals surface area contributed by atoms with Crippen molar-refractivity contribution in [2.75, 3.05) is 6.61 Å². The van der Waals surface area contributed by atoms with Crippen LogP contribution >= 0.6 is 0 Å². The van der Waals surface area contributed by atoms with Gasteiger partial charge < -0.3 is 9.57 Å². The molecule has 0 bridgehead atoms. The second kappa shape index (κ2) is 18.5. The van der Waals surface area contributed by atoms with E-state index in [1.165, 1.54) is 0 Å². The van der Waals surface area contributed by atoms with Crippen molar-refractivity contribution < 1.29 is 24.0 Å². The molecule has 144 valence electrons. The maximum atomic E-state index is 11.6. The molecular formula is C19H33NO5. The Kier molecular flexibility index (Phi) is 18.7. The molecular weight excluding hydrogens is 322 g/mol. The van der Waals surface area contributed by atoms with Crippen LogP contribution < -0.4 is 0 Å². The van der Waals surface area contributed by atoms with Gasteiger partial charge in [0, 0.05) is 12.8 Å². The number of hydrogen-bond acceptors (Lipinski definition) is 5. The number of carbonyl (C=O) groups is 3. The van der Waals surface area contributed by atoms with Gasteiger partial charge in [-0.05, 0) is 25.7 Å². The highest BCUT2D eigenvalue weighted by molar-refractivity contribution is 5.86. The van der Waals surface area contributed by atoms with E-state index in [9.17, 15) is 14.4 Å². The average Bonchev–Trinajstić information content (AvgIpc) is 2.62. The standard InChI is InChI=1S/C15H21NO5.2C2H6/c1-2-8-14(18)16(12-17)21-15(19)11-20-13-9-6-4-3-5-7-10-13;2*1-2/h12-13H,2-6,8-9,11H2,1H3;2*1-2H3. The topological polar surface area (TPSA) is 72.9 Å². The fraction of sp³-hybridized carbons (Fsp3) is 0.737. The van der Waals surface area contributed by atoms with Crippen molar-refractivity contribution in [1.29, 1.82) is 0 Å². The number of amides is 2. The summed E-state index contributed by atoms with van der Waals surface area (Å²) >= 11 is 0. The molecule has 1 unspecified atom stereocenters. The third-order valence-electron chi connectivity index (χ3n) is 2.94. The van der Waals surface area contributed by atoms with E-state index in [4.69, 9.17) is 4.74 Å². The SMILES string of the molecule is CC.CC.CCCC(=O)N(C=O)OC(=O)COC1C#CCCCCC1. The van der Waals surface area contributed by atoms with Crippen LogP contribution in [0.3, 0.4) is 0 Å². The summed E-state index contributed by atoms with van der Waals surface area (Å²) in [7, 11) is 0. The molecule has 1 atom stereocenters. The number of hydrogen-bond donors (Lipinski definition) is 0. The van der Waals surface area contributed by atoms with E-state index in [1.54, 1.807) is 6.92 Å². The van der Waals surface area contributed by atoms with Gasteiger partial charge in [-0.25, -0.2) is 4.79 Å². The number of carbonyl (C=O) groups excluding carboxylic acids is 3. The lowest BCUT2D eigenvalue weighted by Gasteiger charge is -2.16. The zero-order valence-electron chi connectivity index (χ0n) is 16.3. The number of rotatable bonds is 6. The van der Waals surface area contributed by atoms with Crippen molar-refractivity contribution in [3.63, 3.8) is 0 Å². The molecule has 0 fully saturated rings. The van der Waals surface area contributed by atoms with Crippen LogP contribution in [0.15, 0.2) is 0 Å². The first-order chi connectivity index (χ1) is 12.2. The van der Waals surface area contributed by atoms with Gasteiger partial charge >= 0.3 is 5.97 Å². The Morgan fingerprint density at radius 2 is 1.84 bits per heavy atom. The van der Waals surface area contributed by atoms with Gasteiger partial charge in [0.2, 0.25) is 0 Å². The van der Waals surface area contributed by atoms with Crippen LogP contribution in [0.1, 0.15) is 79.6 Å². The molecule has 0 aromatic rings. The molecule has 1 aliphatic carbocycles. The first-order valence-corrected chi connectivity index (χ1v) is 9.25. The fourth-order valence-corrected chi connectivity index (χ4v) is 1.86. The molecule has 6 nitrogen and oxygen atoms in total. The molecule has 0 saturated heterocycles. The Labute approximate surface area is 152 Å². The first-order valence-electron chi connectivity index (χ1n) is 9.25. The summed E-state index contributed by atoms with van der Waals surface area (Å²) in [5, 5.41) is 0.416. The van der Waals surface area contributed by atoms with Gasteiger partial charge in [-0.3, -0.25) is 9.59 Å². The van der Waals surface area contributed by atoms with Crippen LogP contribution in [-0.2, 0) is 24.0 Å². The van der Waals surface area contributed by atoms with Crippen LogP contribution in [0.2, 0.25) is 0 Å². The molecule has 6 heteroatoms. The molecule has 2 amide bonds. The summed E-state index contributed by atoms with van der Waals surface area (Å²) < 4.78 is 5.36. The summed E-state index contributed by atoms with van der Waals surface area (Å²) in [6.45, 7) is 9.46. The molecule has 0 saturated carbocycles. The Bertz CT molecular complexity index is 425. The van der Waals surface area contributed by atoms with Crippen LogP contribution in [0.5, 0.6) is 0 Å². The van der Waals surface area contributed by atoms with E-state index in [1.807, 2.05) is 27.7 Å². The lowest BCUT2D eigenvalue weighted by molar-refractivity contribution is -0.200. The third kappa shape index (κ3) is 13.1. The second-order valence-electron chi connectivity index (χ2n) is 4.76. The van der Waals surface area contributed by atoms with Crippen LogP contribution in [0.25, 0.3) is 0 Å². The fourth-order valence-electron chi connectivity index (χ4n) is 1.86. The van der Waals surface area contributed by atoms with Crippen LogP contribution in [0.4, 0.5) is 0 Å². The highest BCUT2D eigenvalue weighted by atomic mass is 16.7. The predicted molar refractivity (Wildman–Crippen MR) is 97.2 cm³/mol. The molecule has 0 aromatic carbocycles. The van der Waals surface area contributed by atoms with Crippen molar-refractivity contribution in [2.24, 2.45) is 0 Å². The number of nitrogens with zero attached hydrogens (tertiary/aromatic N) is 1. The van der Waals surface area contributed by atoms with Gasteiger partial charge in [0.25, 0.3) is 12.3 Å². The normalized spacial score (nSPS) is 15.3. The number of ether oxygens (including phenoxy) is 1. The quantitative estimate of drug-likeness (QED) is 0.413. The lowest BCUT2D eigenvalue weighted by atomic mass is 10.1. The van der Waals surface area contributed by atoms with Gasteiger partial charge in [-0.15, -0.1) is 11.0 Å². The predicted octanol–water partition coefficient (Wildman–Crippen LogP) is 3.63. The molecule has 25 heavy (non-hydrogen) atoms. The second-order valence-corrected chi connectivity index (χ2v) is 4.76. The van der Waals surface area contributed by atoms with Crippen LogP contribution in [0, 0.1) is 11.8 Å². The molecule has 0 aromatic heterocycles. The molecule has 1 aliphatic rings. The molecule has 0 spiro atoms. The van der Waals surface area contributed by atoms with E-state index in [2.05, 4.69) is 16.7 Å². The van der Waals surface area contributed by atoms with Crippen molar-refractivity contribution in [3.05, 3.63) is 0 Å². The van der Waals surface area contributed by atoms with Crippen molar-refractivity contribution >= 4 is 18.3 Å². The van der Waals surface area contributed by atoms with Gasteiger partial charge in [-0.2, -0.15) is 0 Å². The summed E-state index contributed by atoms with van der Waals surface area (Å²) in [5.74, 6) is 4.63. The number of hydroxylamine groups is 2. The van der Waals surface area contributed by atoms with Gasteiger partial charge in [-0.1, -0.05) is 47.0 Å². The minimum Gasteiger partial charge on any atom is -0.354 e. The van der Waals surface area contributed by atoms with Crippen LogP contribution in [-0.4, -0.2) is 36.1 Å². The van der Waals surface area contributed by atoms with Crippen molar-refractivity contribution in [2.45, 2.75) is 85.7 Å². The molecule has 0 N–H and O–H groups in total. The average molecular weight is 355 g/mol. The molecule has 0 radical (unpaired) electrons. The Morgan fingerprint density at radius 1 is 1.16 bits per heavy atom. The Morgan fingerprint density at radius 3 is 2.44 bits per heavy atom. The van der Waals surface area contributed by atoms with Gasteiger partial charge in [0.05, 0.1) is 0 Å². The van der Waals surface area contributed by atoms with Crippen molar-refractivity contribution in [3.8, 4) is 11.8 Å². The minimum absolute atomic E-state index is 0.140. The maximum absolute atomic E-state index is 11.6. The van der Waals surface area contributed by atoms with E-state index in [-0.39, 0.29) is 25.5 Å². The van der Waals surface area contributed by atoms with Gasteiger partial charge in [0.1, 0.15) is 12.7 Å². The lowest BCUT2D eigenvalue weighted by Crippen LogP contribution is -2.34. The summed E-state index contributed by atoms with van der Waals surface area (Å²) in [4.78, 5) is 38.4. The van der Waals surface area contributed by atoms with Gasteiger partial charge in [0.15, 0.2) is 0 Å². The number of imide groups is 1. The highest BCUT2D eigenvalue weighted by Gasteiger charge is 2.18. The molecule has 0 aliphatic heterocycles. The minimum atomic E-state index is -0.782.